The van der Waals surface area contributed by atoms with Crippen LogP contribution in [0.4, 0.5) is 0 Å². The maximum Gasteiger partial charge on any atom is 0.240 e. The first-order chi connectivity index (χ1) is 13.0. The van der Waals surface area contributed by atoms with Crippen LogP contribution in [0.25, 0.3) is 0 Å². The van der Waals surface area contributed by atoms with Crippen LogP contribution < -0.4 is 10.0 Å². The van der Waals surface area contributed by atoms with Gasteiger partial charge in [-0.15, -0.1) is 0 Å². The minimum atomic E-state index is -0.788. The molecule has 1 aromatic rings. The smallest absolute Gasteiger partial charge is 0.240 e. The van der Waals surface area contributed by atoms with E-state index in [0.29, 0.717) is 27.8 Å². The van der Waals surface area contributed by atoms with Gasteiger partial charge in [-0.2, -0.15) is 0 Å². The van der Waals surface area contributed by atoms with Crippen LogP contribution in [0, 0.1) is 17.8 Å². The lowest BCUT2D eigenvalue weighted by Gasteiger charge is -2.49. The van der Waals surface area contributed by atoms with Gasteiger partial charge in [0.25, 0.3) is 0 Å². The fourth-order valence-corrected chi connectivity index (χ4v) is 6.11. The number of fused-ring (bicyclic) bond motifs is 2. The molecule has 2 fully saturated rings. The number of carbonyl (C=O) groups excluding carboxylic acids is 1. The average molecular weight is 445 g/mol. The molecule has 3 N–H and O–H groups in total. The SMILES string of the molecule is CC1CC2CC(CC(C)(O)C2)C1NC(=O)C(C)(C)NSc1cccc(Cl)c1Cl. The molecule has 0 saturated heterocycles. The first kappa shape index (κ1) is 22.2. The van der Waals surface area contributed by atoms with Gasteiger partial charge in [0.2, 0.25) is 5.91 Å². The highest BCUT2D eigenvalue weighted by Crippen LogP contribution is 2.46. The topological polar surface area (TPSA) is 61.4 Å². The minimum absolute atomic E-state index is 0.0429. The Hall–Kier alpha value is -0.460. The van der Waals surface area contributed by atoms with Gasteiger partial charge in [0, 0.05) is 10.9 Å². The number of amides is 1. The Morgan fingerprint density at radius 1 is 1.29 bits per heavy atom. The molecule has 4 nitrogen and oxygen atoms in total. The van der Waals surface area contributed by atoms with E-state index in [2.05, 4.69) is 17.0 Å². The Labute approximate surface area is 182 Å². The zero-order chi connectivity index (χ0) is 20.7. The van der Waals surface area contributed by atoms with Crippen LogP contribution in [-0.4, -0.2) is 28.2 Å². The fourth-order valence-electron chi connectivity index (χ4n) is 4.84. The van der Waals surface area contributed by atoms with Gasteiger partial charge in [0.1, 0.15) is 5.54 Å². The molecular formula is C21H30Cl2N2O2S. The summed E-state index contributed by atoms with van der Waals surface area (Å²) in [5.74, 6) is 1.25. The quantitative estimate of drug-likeness (QED) is 0.555. The van der Waals surface area contributed by atoms with Crippen molar-refractivity contribution in [1.29, 1.82) is 0 Å². The Morgan fingerprint density at radius 2 is 2.00 bits per heavy atom. The largest absolute Gasteiger partial charge is 0.390 e. The van der Waals surface area contributed by atoms with Crippen LogP contribution in [0.2, 0.25) is 10.0 Å². The molecule has 0 heterocycles. The van der Waals surface area contributed by atoms with Crippen molar-refractivity contribution in [2.45, 2.75) is 75.5 Å². The minimum Gasteiger partial charge on any atom is -0.390 e. The molecule has 0 radical (unpaired) electrons. The molecule has 5 unspecified atom stereocenters. The van der Waals surface area contributed by atoms with Gasteiger partial charge in [-0.1, -0.05) is 36.2 Å². The molecule has 156 valence electrons. The van der Waals surface area contributed by atoms with Crippen LogP contribution in [0.5, 0.6) is 0 Å². The first-order valence-corrected chi connectivity index (χ1v) is 11.5. The van der Waals surface area contributed by atoms with Crippen molar-refractivity contribution < 1.29 is 9.90 Å². The maximum absolute atomic E-state index is 13.1. The van der Waals surface area contributed by atoms with Crippen molar-refractivity contribution in [2.75, 3.05) is 0 Å². The summed E-state index contributed by atoms with van der Waals surface area (Å²) in [6, 6.07) is 5.53. The van der Waals surface area contributed by atoms with E-state index in [1.165, 1.54) is 11.9 Å². The maximum atomic E-state index is 13.1. The molecule has 7 heteroatoms. The highest BCUT2D eigenvalue weighted by molar-refractivity contribution is 7.97. The Bertz CT molecular complexity index is 739. The highest BCUT2D eigenvalue weighted by Gasteiger charge is 2.46. The molecule has 2 aliphatic carbocycles. The third kappa shape index (κ3) is 4.99. The average Bonchev–Trinajstić information content (AvgIpc) is 2.58. The zero-order valence-corrected chi connectivity index (χ0v) is 19.2. The number of hydrogen-bond donors (Lipinski definition) is 3. The van der Waals surface area contributed by atoms with Crippen molar-refractivity contribution in [3.05, 3.63) is 28.2 Å². The standard InChI is InChI=1S/C21H30Cl2N2O2S/c1-12-8-13-9-14(11-21(4,27)10-13)18(12)24-19(26)20(2,3)25-28-16-7-5-6-15(22)17(16)23/h5-7,12-14,18,25,27H,8-11H2,1-4H3,(H,24,26). The molecule has 1 aromatic carbocycles. The van der Waals surface area contributed by atoms with Crippen LogP contribution in [0.15, 0.2) is 23.1 Å². The van der Waals surface area contributed by atoms with Crippen LogP contribution >= 0.6 is 35.1 Å². The van der Waals surface area contributed by atoms with Crippen molar-refractivity contribution in [2.24, 2.45) is 17.8 Å². The lowest BCUT2D eigenvalue weighted by molar-refractivity contribution is -0.129. The predicted molar refractivity (Wildman–Crippen MR) is 117 cm³/mol. The number of benzene rings is 1. The summed E-state index contributed by atoms with van der Waals surface area (Å²) in [4.78, 5) is 13.9. The van der Waals surface area contributed by atoms with Crippen LogP contribution in [0.1, 0.15) is 53.4 Å². The summed E-state index contributed by atoms with van der Waals surface area (Å²) in [5, 5.41) is 14.8. The second kappa shape index (κ2) is 8.35. The Kier molecular flexibility index (Phi) is 6.63. The zero-order valence-electron chi connectivity index (χ0n) is 16.9. The van der Waals surface area contributed by atoms with Crippen molar-refractivity contribution >= 4 is 41.1 Å². The number of rotatable bonds is 5. The van der Waals surface area contributed by atoms with E-state index in [1.54, 1.807) is 6.07 Å². The predicted octanol–water partition coefficient (Wildman–Crippen LogP) is 5.06. The molecule has 0 spiro atoms. The first-order valence-electron chi connectivity index (χ1n) is 9.90. The number of nitrogens with one attached hydrogen (secondary N) is 2. The summed E-state index contributed by atoms with van der Waals surface area (Å²) in [6.45, 7) is 7.87. The summed E-state index contributed by atoms with van der Waals surface area (Å²) in [5.41, 5.74) is -1.41. The number of carbonyl (C=O) groups is 1. The third-order valence-electron chi connectivity index (χ3n) is 6.09. The van der Waals surface area contributed by atoms with Crippen LogP contribution in [-0.2, 0) is 4.79 Å². The van der Waals surface area contributed by atoms with Crippen molar-refractivity contribution in [1.82, 2.24) is 10.0 Å². The summed E-state index contributed by atoms with van der Waals surface area (Å²) in [7, 11) is 0. The molecule has 5 atom stereocenters. The second-order valence-corrected chi connectivity index (χ2v) is 11.0. The van der Waals surface area contributed by atoms with Gasteiger partial charge in [0.15, 0.2) is 0 Å². The summed E-state index contributed by atoms with van der Waals surface area (Å²) < 4.78 is 3.23. The Morgan fingerprint density at radius 3 is 2.71 bits per heavy atom. The fraction of sp³-hybridized carbons (Fsp3) is 0.667. The van der Waals surface area contributed by atoms with Gasteiger partial charge in [0.05, 0.1) is 15.6 Å². The Balaban J connectivity index is 1.64. The molecule has 28 heavy (non-hydrogen) atoms. The van der Waals surface area contributed by atoms with E-state index in [1.807, 2.05) is 32.9 Å². The molecule has 2 bridgehead atoms. The van der Waals surface area contributed by atoms with Gasteiger partial charge in [-0.05, 0) is 88.3 Å². The molecule has 0 aliphatic heterocycles. The van der Waals surface area contributed by atoms with E-state index in [4.69, 9.17) is 23.2 Å². The van der Waals surface area contributed by atoms with Gasteiger partial charge >= 0.3 is 0 Å². The molecule has 2 saturated carbocycles. The van der Waals surface area contributed by atoms with Crippen molar-refractivity contribution in [3.63, 3.8) is 0 Å². The number of halogens is 2. The molecule has 1 amide bonds. The van der Waals surface area contributed by atoms with E-state index in [9.17, 15) is 9.90 Å². The molecule has 0 aromatic heterocycles. The van der Waals surface area contributed by atoms with Gasteiger partial charge in [-0.3, -0.25) is 4.79 Å². The van der Waals surface area contributed by atoms with Crippen molar-refractivity contribution in [3.8, 4) is 0 Å². The van der Waals surface area contributed by atoms with Crippen LogP contribution in [0.3, 0.4) is 0 Å². The van der Waals surface area contributed by atoms with Gasteiger partial charge in [-0.25, -0.2) is 4.72 Å². The lowest BCUT2D eigenvalue weighted by atomic mass is 9.61. The highest BCUT2D eigenvalue weighted by atomic mass is 35.5. The third-order valence-corrected chi connectivity index (χ3v) is 8.19. The van der Waals surface area contributed by atoms with E-state index in [-0.39, 0.29) is 11.9 Å². The molecular weight excluding hydrogens is 415 g/mol. The lowest BCUT2D eigenvalue weighted by Crippen LogP contribution is -2.59. The van der Waals surface area contributed by atoms with Gasteiger partial charge < -0.3 is 10.4 Å². The normalized spacial score (nSPS) is 32.8. The van der Waals surface area contributed by atoms with E-state index < -0.39 is 11.1 Å². The number of aliphatic hydroxyl groups is 1. The number of hydrogen-bond acceptors (Lipinski definition) is 4. The summed E-state index contributed by atoms with van der Waals surface area (Å²) >= 11 is 13.6. The van der Waals surface area contributed by atoms with E-state index in [0.717, 1.165) is 30.6 Å². The molecule has 3 rings (SSSR count). The monoisotopic (exact) mass is 444 g/mol. The molecule has 2 aliphatic rings. The van der Waals surface area contributed by atoms with E-state index >= 15 is 0 Å². The second-order valence-electron chi connectivity index (χ2n) is 9.36. The summed E-state index contributed by atoms with van der Waals surface area (Å²) in [6.07, 6.45) is 3.77.